The molecule has 150 valence electrons. The van der Waals surface area contributed by atoms with Crippen molar-refractivity contribution in [3.8, 4) is 5.75 Å². The van der Waals surface area contributed by atoms with Crippen LogP contribution in [0.2, 0.25) is 0 Å². The molecule has 1 aromatic heterocycles. The van der Waals surface area contributed by atoms with Crippen molar-refractivity contribution >= 4 is 39.6 Å². The maximum Gasteiger partial charge on any atom is 0.265 e. The molecule has 0 saturated heterocycles. The summed E-state index contributed by atoms with van der Waals surface area (Å²) in [7, 11) is 0. The van der Waals surface area contributed by atoms with Crippen LogP contribution in [0.25, 0.3) is 10.8 Å². The van der Waals surface area contributed by atoms with E-state index < -0.39 is 0 Å². The Morgan fingerprint density at radius 3 is 2.40 bits per heavy atom. The second-order valence-electron chi connectivity index (χ2n) is 6.62. The lowest BCUT2D eigenvalue weighted by Gasteiger charge is -2.09. The van der Waals surface area contributed by atoms with E-state index in [4.69, 9.17) is 4.74 Å². The van der Waals surface area contributed by atoms with Crippen LogP contribution >= 0.6 is 11.3 Å². The van der Waals surface area contributed by atoms with E-state index in [1.807, 2.05) is 47.8 Å². The Morgan fingerprint density at radius 2 is 1.63 bits per heavy atom. The molecule has 0 aliphatic carbocycles. The second kappa shape index (κ2) is 9.24. The average molecular weight is 417 g/mol. The highest BCUT2D eigenvalue weighted by Crippen LogP contribution is 2.20. The number of carbonyl (C=O) groups excluding carboxylic acids is 2. The molecule has 4 rings (SSSR count). The van der Waals surface area contributed by atoms with Crippen LogP contribution in [0.1, 0.15) is 20.0 Å². The number of rotatable bonds is 7. The number of amides is 2. The Bertz CT molecular complexity index is 1150. The van der Waals surface area contributed by atoms with Gasteiger partial charge in [-0.25, -0.2) is 0 Å². The molecule has 2 amide bonds. The fourth-order valence-electron chi connectivity index (χ4n) is 3.00. The summed E-state index contributed by atoms with van der Waals surface area (Å²) >= 11 is 1.38. The molecule has 1 heterocycles. The molecule has 0 fully saturated rings. The highest BCUT2D eigenvalue weighted by molar-refractivity contribution is 7.12. The van der Waals surface area contributed by atoms with Gasteiger partial charge in [0.05, 0.1) is 11.4 Å². The molecule has 0 aliphatic rings. The van der Waals surface area contributed by atoms with E-state index in [0.717, 1.165) is 16.5 Å². The maximum absolute atomic E-state index is 12.3. The van der Waals surface area contributed by atoms with Crippen molar-refractivity contribution in [2.45, 2.75) is 0 Å². The molecule has 6 heteroatoms. The molecular formula is C24H20N2O3S. The second-order valence-corrected chi connectivity index (χ2v) is 7.57. The first kappa shape index (κ1) is 19.7. The topological polar surface area (TPSA) is 67.4 Å². The molecule has 0 atom stereocenters. The lowest BCUT2D eigenvalue weighted by molar-refractivity contribution is 0.0946. The zero-order chi connectivity index (χ0) is 20.8. The first-order valence-electron chi connectivity index (χ1n) is 9.54. The monoisotopic (exact) mass is 416 g/mol. The van der Waals surface area contributed by atoms with Crippen molar-refractivity contribution < 1.29 is 14.3 Å². The number of carbonyl (C=O) groups is 2. The minimum absolute atomic E-state index is 0.159. The first-order chi connectivity index (χ1) is 14.7. The van der Waals surface area contributed by atoms with Crippen LogP contribution in [0.5, 0.6) is 5.75 Å². The normalized spacial score (nSPS) is 10.5. The molecule has 0 radical (unpaired) electrons. The van der Waals surface area contributed by atoms with Crippen LogP contribution in [-0.4, -0.2) is 25.0 Å². The molecule has 3 aromatic carbocycles. The summed E-state index contributed by atoms with van der Waals surface area (Å²) in [5, 5.41) is 9.78. The third-order valence-corrected chi connectivity index (χ3v) is 5.40. The van der Waals surface area contributed by atoms with Crippen LogP contribution in [0, 0.1) is 0 Å². The van der Waals surface area contributed by atoms with Crippen LogP contribution in [-0.2, 0) is 0 Å². The molecular weight excluding hydrogens is 396 g/mol. The number of fused-ring (bicyclic) bond motifs is 1. The van der Waals surface area contributed by atoms with Crippen LogP contribution in [0.15, 0.2) is 84.2 Å². The van der Waals surface area contributed by atoms with E-state index in [-0.39, 0.29) is 11.8 Å². The largest absolute Gasteiger partial charge is 0.492 e. The standard InChI is InChI=1S/C24H20N2O3S/c27-23(18-7-10-20(11-8-18)26-24(28)22-6-3-15-30-22)25-13-14-29-21-12-9-17-4-1-2-5-19(17)16-21/h1-12,15-16H,13-14H2,(H,25,27)(H,26,28). The molecule has 0 unspecified atom stereocenters. The maximum atomic E-state index is 12.3. The molecule has 0 bridgehead atoms. The van der Waals surface area contributed by atoms with E-state index in [1.165, 1.54) is 11.3 Å². The summed E-state index contributed by atoms with van der Waals surface area (Å²) in [6, 6.07) is 24.4. The third kappa shape index (κ3) is 4.85. The Morgan fingerprint density at radius 1 is 0.833 bits per heavy atom. The number of nitrogens with one attached hydrogen (secondary N) is 2. The van der Waals surface area contributed by atoms with Crippen molar-refractivity contribution in [3.05, 3.63) is 94.7 Å². The summed E-state index contributed by atoms with van der Waals surface area (Å²) in [5.41, 5.74) is 1.17. The zero-order valence-electron chi connectivity index (χ0n) is 16.1. The summed E-state index contributed by atoms with van der Waals surface area (Å²) in [6.45, 7) is 0.765. The predicted octanol–water partition coefficient (Wildman–Crippen LogP) is 4.96. The Hall–Kier alpha value is -3.64. The summed E-state index contributed by atoms with van der Waals surface area (Å²) in [6.07, 6.45) is 0. The fourth-order valence-corrected chi connectivity index (χ4v) is 3.62. The SMILES string of the molecule is O=C(NCCOc1ccc2ccccc2c1)c1ccc(NC(=O)c2cccs2)cc1. The van der Waals surface area contributed by atoms with Gasteiger partial charge in [0.2, 0.25) is 0 Å². The minimum atomic E-state index is -0.187. The molecule has 5 nitrogen and oxygen atoms in total. The number of anilines is 1. The van der Waals surface area contributed by atoms with Gasteiger partial charge in [-0.2, -0.15) is 0 Å². The molecule has 4 aromatic rings. The van der Waals surface area contributed by atoms with E-state index in [9.17, 15) is 9.59 Å². The van der Waals surface area contributed by atoms with Gasteiger partial charge in [0.15, 0.2) is 0 Å². The van der Waals surface area contributed by atoms with Crippen LogP contribution in [0.3, 0.4) is 0 Å². The summed E-state index contributed by atoms with van der Waals surface area (Å²) in [4.78, 5) is 25.0. The fraction of sp³-hybridized carbons (Fsp3) is 0.0833. The van der Waals surface area contributed by atoms with Crippen molar-refractivity contribution in [2.75, 3.05) is 18.5 Å². The van der Waals surface area contributed by atoms with E-state index in [2.05, 4.69) is 16.7 Å². The lowest BCUT2D eigenvalue weighted by atomic mass is 10.1. The number of benzene rings is 3. The van der Waals surface area contributed by atoms with Crippen LogP contribution in [0.4, 0.5) is 5.69 Å². The van der Waals surface area contributed by atoms with Gasteiger partial charge < -0.3 is 15.4 Å². The number of ether oxygens (including phenoxy) is 1. The third-order valence-electron chi connectivity index (χ3n) is 4.53. The van der Waals surface area contributed by atoms with Gasteiger partial charge in [-0.3, -0.25) is 9.59 Å². The van der Waals surface area contributed by atoms with Gasteiger partial charge in [-0.15, -0.1) is 11.3 Å². The smallest absolute Gasteiger partial charge is 0.265 e. The summed E-state index contributed by atoms with van der Waals surface area (Å²) in [5.74, 6) is 0.426. The molecule has 0 spiro atoms. The number of hydrogen-bond donors (Lipinski definition) is 2. The lowest BCUT2D eigenvalue weighted by Crippen LogP contribution is -2.28. The Kier molecular flexibility index (Phi) is 6.06. The molecule has 0 aliphatic heterocycles. The van der Waals surface area contributed by atoms with E-state index in [1.54, 1.807) is 30.3 Å². The number of thiophene rings is 1. The zero-order valence-corrected chi connectivity index (χ0v) is 16.9. The Balaban J connectivity index is 1.25. The van der Waals surface area contributed by atoms with E-state index >= 15 is 0 Å². The Labute approximate surface area is 178 Å². The quantitative estimate of drug-likeness (QED) is 0.418. The van der Waals surface area contributed by atoms with Gasteiger partial charge in [0.1, 0.15) is 12.4 Å². The predicted molar refractivity (Wildman–Crippen MR) is 120 cm³/mol. The average Bonchev–Trinajstić information content (AvgIpc) is 3.32. The van der Waals surface area contributed by atoms with Gasteiger partial charge in [-0.1, -0.05) is 36.4 Å². The van der Waals surface area contributed by atoms with Crippen LogP contribution < -0.4 is 15.4 Å². The minimum Gasteiger partial charge on any atom is -0.492 e. The first-order valence-corrected chi connectivity index (χ1v) is 10.4. The number of hydrogen-bond acceptors (Lipinski definition) is 4. The van der Waals surface area contributed by atoms with Gasteiger partial charge in [-0.05, 0) is 58.6 Å². The van der Waals surface area contributed by atoms with Crippen molar-refractivity contribution in [2.24, 2.45) is 0 Å². The summed E-state index contributed by atoms with van der Waals surface area (Å²) < 4.78 is 5.74. The molecule has 2 N–H and O–H groups in total. The highest BCUT2D eigenvalue weighted by Gasteiger charge is 2.09. The van der Waals surface area contributed by atoms with Crippen molar-refractivity contribution in [3.63, 3.8) is 0 Å². The molecule has 30 heavy (non-hydrogen) atoms. The van der Waals surface area contributed by atoms with Crippen molar-refractivity contribution in [1.82, 2.24) is 5.32 Å². The molecule has 0 saturated carbocycles. The van der Waals surface area contributed by atoms with Gasteiger partial charge >= 0.3 is 0 Å². The van der Waals surface area contributed by atoms with Gasteiger partial charge in [0, 0.05) is 11.3 Å². The highest BCUT2D eigenvalue weighted by atomic mass is 32.1. The van der Waals surface area contributed by atoms with Gasteiger partial charge in [0.25, 0.3) is 11.8 Å². The van der Waals surface area contributed by atoms with E-state index in [0.29, 0.717) is 29.3 Å². The van der Waals surface area contributed by atoms with Crippen molar-refractivity contribution in [1.29, 1.82) is 0 Å².